The zero-order valence-corrected chi connectivity index (χ0v) is 16.9. The van der Waals surface area contributed by atoms with Crippen LogP contribution in [0, 0.1) is 5.82 Å². The van der Waals surface area contributed by atoms with Gasteiger partial charge in [0.2, 0.25) is 11.8 Å². The highest BCUT2D eigenvalue weighted by Crippen LogP contribution is 2.33. The summed E-state index contributed by atoms with van der Waals surface area (Å²) in [6, 6.07) is 12.3. The number of carbonyl (C=O) groups excluding carboxylic acids is 2. The van der Waals surface area contributed by atoms with Gasteiger partial charge in [0, 0.05) is 4.47 Å². The van der Waals surface area contributed by atoms with Crippen molar-refractivity contribution in [3.05, 3.63) is 70.3 Å². The van der Waals surface area contributed by atoms with Crippen molar-refractivity contribution in [2.45, 2.75) is 25.4 Å². The SMILES string of the molecule is CC[C@@]1(c2ccc(F)cc2)NC(=O)N(Cc2nnc(-c3ccccc3Br)o2)C1=O. The zero-order valence-electron chi connectivity index (χ0n) is 15.4. The first kappa shape index (κ1) is 19.3. The first-order chi connectivity index (χ1) is 13.9. The number of nitrogens with one attached hydrogen (secondary N) is 1. The summed E-state index contributed by atoms with van der Waals surface area (Å²) >= 11 is 3.42. The molecule has 1 aromatic heterocycles. The Kier molecular flexibility index (Phi) is 4.91. The molecule has 1 fully saturated rings. The molecular weight excluding hydrogens is 443 g/mol. The highest BCUT2D eigenvalue weighted by molar-refractivity contribution is 9.10. The molecule has 3 aromatic rings. The number of urea groups is 1. The lowest BCUT2D eigenvalue weighted by atomic mass is 9.87. The number of carbonyl (C=O) groups is 2. The van der Waals surface area contributed by atoms with Gasteiger partial charge in [0.25, 0.3) is 5.91 Å². The van der Waals surface area contributed by atoms with Crippen LogP contribution in [0.15, 0.2) is 57.4 Å². The van der Waals surface area contributed by atoms with Crippen molar-refractivity contribution in [2.75, 3.05) is 0 Å². The number of halogens is 2. The van der Waals surface area contributed by atoms with Gasteiger partial charge < -0.3 is 9.73 Å². The lowest BCUT2D eigenvalue weighted by molar-refractivity contribution is -0.132. The van der Waals surface area contributed by atoms with E-state index in [2.05, 4.69) is 31.4 Å². The van der Waals surface area contributed by atoms with Crippen LogP contribution in [0.1, 0.15) is 24.8 Å². The molecule has 0 radical (unpaired) electrons. The Morgan fingerprint density at radius 1 is 1.14 bits per heavy atom. The number of imide groups is 1. The monoisotopic (exact) mass is 458 g/mol. The maximum absolute atomic E-state index is 13.3. The standard InChI is InChI=1S/C20H16BrFN4O3/c1-2-20(12-7-9-13(22)10-8-12)18(27)26(19(28)23-20)11-16-24-25-17(29-16)14-5-3-4-6-15(14)21/h3-10H,2,11H2,1H3,(H,23,28)/t20-/m0/s1. The molecule has 1 saturated heterocycles. The fourth-order valence-electron chi connectivity index (χ4n) is 3.34. The summed E-state index contributed by atoms with van der Waals surface area (Å²) in [7, 11) is 0. The Labute approximate surface area is 174 Å². The molecule has 0 unspecified atom stereocenters. The molecule has 1 N–H and O–H groups in total. The first-order valence-electron chi connectivity index (χ1n) is 8.92. The van der Waals surface area contributed by atoms with Gasteiger partial charge >= 0.3 is 6.03 Å². The smallest absolute Gasteiger partial charge is 0.325 e. The molecule has 0 bridgehead atoms. The molecule has 1 aliphatic heterocycles. The van der Waals surface area contributed by atoms with E-state index in [-0.39, 0.29) is 18.3 Å². The third kappa shape index (κ3) is 3.31. The van der Waals surface area contributed by atoms with Crippen molar-refractivity contribution in [3.8, 4) is 11.5 Å². The Morgan fingerprint density at radius 2 is 1.86 bits per heavy atom. The lowest BCUT2D eigenvalue weighted by Crippen LogP contribution is -2.43. The van der Waals surface area contributed by atoms with Crippen molar-refractivity contribution < 1.29 is 18.4 Å². The number of benzene rings is 2. The van der Waals surface area contributed by atoms with Crippen LogP contribution in [0.5, 0.6) is 0 Å². The second-order valence-corrected chi connectivity index (χ2v) is 7.42. The molecule has 3 amide bonds. The number of nitrogens with zero attached hydrogens (tertiary/aromatic N) is 3. The minimum Gasteiger partial charge on any atom is -0.419 e. The Bertz CT molecular complexity index is 1090. The van der Waals surface area contributed by atoms with E-state index in [0.717, 1.165) is 9.37 Å². The molecule has 4 rings (SSSR count). The summed E-state index contributed by atoms with van der Waals surface area (Å²) in [5.41, 5.74) is -0.0323. The first-order valence-corrected chi connectivity index (χ1v) is 9.71. The van der Waals surface area contributed by atoms with Crippen molar-refractivity contribution >= 4 is 27.9 Å². The van der Waals surface area contributed by atoms with E-state index in [1.807, 2.05) is 24.3 Å². The fourth-order valence-corrected chi connectivity index (χ4v) is 3.79. The molecule has 148 valence electrons. The third-order valence-corrected chi connectivity index (χ3v) is 5.60. The summed E-state index contributed by atoms with van der Waals surface area (Å²) in [5, 5.41) is 10.7. The summed E-state index contributed by atoms with van der Waals surface area (Å²) in [4.78, 5) is 26.7. The van der Waals surface area contributed by atoms with E-state index in [9.17, 15) is 14.0 Å². The number of rotatable bonds is 5. The van der Waals surface area contributed by atoms with Crippen LogP contribution in [0.25, 0.3) is 11.5 Å². The average molecular weight is 459 g/mol. The molecule has 2 aromatic carbocycles. The van der Waals surface area contributed by atoms with E-state index in [0.29, 0.717) is 17.5 Å². The highest BCUT2D eigenvalue weighted by Gasteiger charge is 2.51. The van der Waals surface area contributed by atoms with Gasteiger partial charge in [-0.3, -0.25) is 9.69 Å². The predicted molar refractivity (Wildman–Crippen MR) is 105 cm³/mol. The second-order valence-electron chi connectivity index (χ2n) is 6.57. The van der Waals surface area contributed by atoms with Gasteiger partial charge in [0.1, 0.15) is 17.9 Å². The van der Waals surface area contributed by atoms with Gasteiger partial charge in [-0.2, -0.15) is 0 Å². The van der Waals surface area contributed by atoms with Gasteiger partial charge in [-0.15, -0.1) is 10.2 Å². The lowest BCUT2D eigenvalue weighted by Gasteiger charge is -2.25. The largest absolute Gasteiger partial charge is 0.419 e. The average Bonchev–Trinajstić information content (AvgIpc) is 3.28. The Balaban J connectivity index is 1.60. The summed E-state index contributed by atoms with van der Waals surface area (Å²) in [6.07, 6.45) is 0.311. The molecule has 29 heavy (non-hydrogen) atoms. The number of aromatic nitrogens is 2. The van der Waals surface area contributed by atoms with Gasteiger partial charge in [-0.05, 0) is 52.2 Å². The van der Waals surface area contributed by atoms with Gasteiger partial charge in [0.05, 0.1) is 5.56 Å². The second kappa shape index (κ2) is 7.40. The molecule has 7 nitrogen and oxygen atoms in total. The minimum atomic E-state index is -1.25. The molecule has 0 spiro atoms. The van der Waals surface area contributed by atoms with Crippen molar-refractivity contribution in [2.24, 2.45) is 0 Å². The minimum absolute atomic E-state index is 0.130. The van der Waals surface area contributed by atoms with Crippen molar-refractivity contribution in [1.82, 2.24) is 20.4 Å². The molecule has 1 aliphatic rings. The maximum atomic E-state index is 13.3. The van der Waals surface area contributed by atoms with Gasteiger partial charge in [-0.25, -0.2) is 9.18 Å². The van der Waals surface area contributed by atoms with E-state index in [1.165, 1.54) is 24.3 Å². The fraction of sp³-hybridized carbons (Fsp3) is 0.200. The molecular formula is C20H16BrFN4O3. The van der Waals surface area contributed by atoms with E-state index in [1.54, 1.807) is 6.92 Å². The molecule has 1 atom stereocenters. The van der Waals surface area contributed by atoms with Crippen LogP contribution >= 0.6 is 15.9 Å². The van der Waals surface area contributed by atoms with E-state index >= 15 is 0 Å². The summed E-state index contributed by atoms with van der Waals surface area (Å²) < 4.78 is 19.7. The molecule has 2 heterocycles. The topological polar surface area (TPSA) is 88.3 Å². The molecule has 0 saturated carbocycles. The zero-order chi connectivity index (χ0) is 20.6. The van der Waals surface area contributed by atoms with Gasteiger partial charge in [-0.1, -0.05) is 31.2 Å². The predicted octanol–water partition coefficient (Wildman–Crippen LogP) is 4.00. The van der Waals surface area contributed by atoms with Gasteiger partial charge in [0.15, 0.2) is 0 Å². The maximum Gasteiger partial charge on any atom is 0.325 e. The Hall–Kier alpha value is -3.07. The molecule has 0 aliphatic carbocycles. The van der Waals surface area contributed by atoms with Crippen LogP contribution < -0.4 is 5.32 Å². The van der Waals surface area contributed by atoms with Crippen molar-refractivity contribution in [1.29, 1.82) is 0 Å². The normalized spacial score (nSPS) is 18.9. The van der Waals surface area contributed by atoms with Crippen LogP contribution in [0.4, 0.5) is 9.18 Å². The third-order valence-electron chi connectivity index (χ3n) is 4.91. The number of hydrogen-bond donors (Lipinski definition) is 1. The van der Waals surface area contributed by atoms with Crippen LogP contribution in [0.2, 0.25) is 0 Å². The van der Waals surface area contributed by atoms with E-state index < -0.39 is 23.3 Å². The van der Waals surface area contributed by atoms with Crippen LogP contribution in [0.3, 0.4) is 0 Å². The number of hydrogen-bond acceptors (Lipinski definition) is 5. The van der Waals surface area contributed by atoms with Crippen LogP contribution in [-0.4, -0.2) is 27.0 Å². The quantitative estimate of drug-likeness (QED) is 0.583. The van der Waals surface area contributed by atoms with Crippen LogP contribution in [-0.2, 0) is 16.9 Å². The van der Waals surface area contributed by atoms with E-state index in [4.69, 9.17) is 4.42 Å². The molecule has 9 heteroatoms. The number of amides is 3. The summed E-state index contributed by atoms with van der Waals surface area (Å²) in [5.74, 6) is -0.457. The summed E-state index contributed by atoms with van der Waals surface area (Å²) in [6.45, 7) is 1.62. The van der Waals surface area contributed by atoms with Crippen molar-refractivity contribution in [3.63, 3.8) is 0 Å². The Morgan fingerprint density at radius 3 is 2.55 bits per heavy atom. The highest BCUT2D eigenvalue weighted by atomic mass is 79.9.